The van der Waals surface area contributed by atoms with Gasteiger partial charge in [-0.15, -0.1) is 5.92 Å². The molecule has 10 heteroatoms. The third kappa shape index (κ3) is 51.7. The zero-order chi connectivity index (χ0) is 22.1. The summed E-state index contributed by atoms with van der Waals surface area (Å²) in [5, 5.41) is 0. The summed E-state index contributed by atoms with van der Waals surface area (Å²) in [5.74, 6) is 6.21. The Morgan fingerprint density at radius 2 is 1.26 bits per heavy atom. The van der Waals surface area contributed by atoms with Crippen LogP contribution in [0.1, 0.15) is 60.3 Å². The molecule has 0 saturated carbocycles. The first kappa shape index (κ1) is 30.7. The largest absolute Gasteiger partial charge is 0.466 e. The molecule has 0 radical (unpaired) electrons. The summed E-state index contributed by atoms with van der Waals surface area (Å²) < 4.78 is 17.8. The third-order valence-electron chi connectivity index (χ3n) is 2.67. The normalized spacial score (nSPS) is 11.8. The molecule has 0 atom stereocenters. The fraction of sp³-hybridized carbons (Fsp3) is 0.529. The van der Waals surface area contributed by atoms with Gasteiger partial charge < -0.3 is 29.4 Å². The van der Waals surface area contributed by atoms with E-state index in [1.54, 1.807) is 0 Å². The second-order valence-corrected chi connectivity index (χ2v) is 7.68. The van der Waals surface area contributed by atoms with E-state index in [2.05, 4.69) is 57.8 Å². The number of rotatable bonds is 6. The standard InChI is InChI=1S/C17H26.2H3O4P/c1-6-10-17(13-8-11-15(3)4)14-9-12-16(5)7-2;2*1-5(2,3)4/h7,11,14H,8-9,12-13H2,1-5H3;2*(H3,1,2,3,4). The van der Waals surface area contributed by atoms with E-state index in [1.807, 2.05) is 6.92 Å². The lowest BCUT2D eigenvalue weighted by atomic mass is 10.1. The molecule has 0 aromatic rings. The van der Waals surface area contributed by atoms with Crippen LogP contribution in [0, 0.1) is 11.8 Å². The van der Waals surface area contributed by atoms with Gasteiger partial charge in [-0.3, -0.25) is 0 Å². The van der Waals surface area contributed by atoms with E-state index in [9.17, 15) is 0 Å². The molecule has 158 valence electrons. The van der Waals surface area contributed by atoms with Gasteiger partial charge in [0, 0.05) is 0 Å². The van der Waals surface area contributed by atoms with Gasteiger partial charge in [0.15, 0.2) is 0 Å². The van der Waals surface area contributed by atoms with Gasteiger partial charge in [0.1, 0.15) is 0 Å². The van der Waals surface area contributed by atoms with Crippen molar-refractivity contribution in [1.29, 1.82) is 0 Å². The van der Waals surface area contributed by atoms with Crippen LogP contribution >= 0.6 is 15.6 Å². The van der Waals surface area contributed by atoms with Crippen molar-refractivity contribution in [2.24, 2.45) is 0 Å². The monoisotopic (exact) mass is 426 g/mol. The van der Waals surface area contributed by atoms with Crippen molar-refractivity contribution in [2.45, 2.75) is 60.3 Å². The van der Waals surface area contributed by atoms with Crippen LogP contribution in [-0.2, 0) is 9.13 Å². The lowest BCUT2D eigenvalue weighted by Crippen LogP contribution is -1.82. The number of hydrogen-bond donors (Lipinski definition) is 6. The van der Waals surface area contributed by atoms with Crippen molar-refractivity contribution in [1.82, 2.24) is 0 Å². The highest BCUT2D eigenvalue weighted by atomic mass is 31.2. The number of phosphoric acid groups is 2. The Labute approximate surface area is 161 Å². The number of allylic oxidation sites excluding steroid dienone is 6. The van der Waals surface area contributed by atoms with Crippen LogP contribution in [0.15, 0.2) is 34.9 Å². The predicted molar refractivity (Wildman–Crippen MR) is 107 cm³/mol. The number of hydrogen-bond acceptors (Lipinski definition) is 2. The molecule has 0 bridgehead atoms. The summed E-state index contributed by atoms with van der Waals surface area (Å²) in [7, 11) is -9.28. The Hall–Kier alpha value is -1.00. The van der Waals surface area contributed by atoms with Crippen LogP contribution < -0.4 is 0 Å². The van der Waals surface area contributed by atoms with Gasteiger partial charge in [-0.05, 0) is 65.9 Å². The molecule has 0 saturated heterocycles. The Kier molecular flexibility index (Phi) is 19.5. The molecule has 0 rings (SSSR count). The molecule has 0 aromatic carbocycles. The van der Waals surface area contributed by atoms with Gasteiger partial charge in [-0.2, -0.15) is 0 Å². The van der Waals surface area contributed by atoms with Crippen LogP contribution in [0.5, 0.6) is 0 Å². The highest BCUT2D eigenvalue weighted by Gasteiger charge is 2.00. The van der Waals surface area contributed by atoms with Gasteiger partial charge in [0.05, 0.1) is 0 Å². The van der Waals surface area contributed by atoms with Crippen molar-refractivity contribution >= 4 is 15.6 Å². The molecule has 0 unspecified atom stereocenters. The molecule has 8 nitrogen and oxygen atoms in total. The highest BCUT2D eigenvalue weighted by Crippen LogP contribution is 2.26. The van der Waals surface area contributed by atoms with Crippen LogP contribution in [0.4, 0.5) is 0 Å². The molecule has 6 N–H and O–H groups in total. The summed E-state index contributed by atoms with van der Waals surface area (Å²) in [6, 6.07) is 0. The summed E-state index contributed by atoms with van der Waals surface area (Å²) in [6.45, 7) is 10.5. The lowest BCUT2D eigenvalue weighted by molar-refractivity contribution is 0.272. The molecule has 0 fully saturated rings. The first-order valence-corrected chi connectivity index (χ1v) is 11.2. The fourth-order valence-electron chi connectivity index (χ4n) is 1.51. The van der Waals surface area contributed by atoms with E-state index in [1.165, 1.54) is 16.7 Å². The minimum atomic E-state index is -4.64. The molecule has 0 aliphatic heterocycles. The van der Waals surface area contributed by atoms with Gasteiger partial charge >= 0.3 is 15.6 Å². The second kappa shape index (κ2) is 17.1. The summed E-state index contributed by atoms with van der Waals surface area (Å²) in [6.07, 6.45) is 11.2. The molecular formula is C17H32O8P2. The first-order valence-electron chi connectivity index (χ1n) is 8.03. The first-order chi connectivity index (χ1) is 12.1. The van der Waals surface area contributed by atoms with Crippen LogP contribution in [0.3, 0.4) is 0 Å². The predicted octanol–water partition coefficient (Wildman–Crippen LogP) is 3.57. The van der Waals surface area contributed by atoms with E-state index in [-0.39, 0.29) is 0 Å². The van der Waals surface area contributed by atoms with Crippen LogP contribution in [-0.4, -0.2) is 29.4 Å². The summed E-state index contributed by atoms with van der Waals surface area (Å²) in [4.78, 5) is 43.1. The third-order valence-corrected chi connectivity index (χ3v) is 2.67. The van der Waals surface area contributed by atoms with Crippen LogP contribution in [0.25, 0.3) is 0 Å². The molecule has 0 aliphatic carbocycles. The molecule has 0 heterocycles. The summed E-state index contributed by atoms with van der Waals surface area (Å²) >= 11 is 0. The Bertz CT molecular complexity index is 601. The van der Waals surface area contributed by atoms with E-state index in [0.29, 0.717) is 0 Å². The maximum Gasteiger partial charge on any atom is 0.466 e. The average molecular weight is 426 g/mol. The van der Waals surface area contributed by atoms with E-state index >= 15 is 0 Å². The maximum absolute atomic E-state index is 8.88. The minimum Gasteiger partial charge on any atom is -0.303 e. The van der Waals surface area contributed by atoms with Crippen molar-refractivity contribution in [3.05, 3.63) is 34.9 Å². The van der Waals surface area contributed by atoms with Gasteiger partial charge in [-0.1, -0.05) is 35.3 Å². The smallest absolute Gasteiger partial charge is 0.303 e. The van der Waals surface area contributed by atoms with E-state index < -0.39 is 15.6 Å². The molecular weight excluding hydrogens is 394 g/mol. The molecule has 0 spiro atoms. The fourth-order valence-corrected chi connectivity index (χ4v) is 1.51. The lowest BCUT2D eigenvalue weighted by Gasteiger charge is -2.00. The Morgan fingerprint density at radius 1 is 0.852 bits per heavy atom. The Balaban J connectivity index is -0.000000471. The average Bonchev–Trinajstić information content (AvgIpc) is 2.43. The van der Waals surface area contributed by atoms with Gasteiger partial charge in [0.2, 0.25) is 0 Å². The van der Waals surface area contributed by atoms with Crippen molar-refractivity contribution in [3.63, 3.8) is 0 Å². The van der Waals surface area contributed by atoms with Gasteiger partial charge in [0.25, 0.3) is 0 Å². The van der Waals surface area contributed by atoms with Crippen molar-refractivity contribution < 1.29 is 38.5 Å². The van der Waals surface area contributed by atoms with E-state index in [0.717, 1.165) is 25.7 Å². The highest BCUT2D eigenvalue weighted by molar-refractivity contribution is 7.45. The van der Waals surface area contributed by atoms with Crippen molar-refractivity contribution in [3.8, 4) is 11.8 Å². The van der Waals surface area contributed by atoms with E-state index in [4.69, 9.17) is 38.5 Å². The maximum atomic E-state index is 8.88. The zero-order valence-corrected chi connectivity index (χ0v) is 18.2. The van der Waals surface area contributed by atoms with Gasteiger partial charge in [-0.25, -0.2) is 9.13 Å². The molecule has 27 heavy (non-hydrogen) atoms. The zero-order valence-electron chi connectivity index (χ0n) is 16.5. The van der Waals surface area contributed by atoms with Crippen molar-refractivity contribution in [2.75, 3.05) is 0 Å². The molecule has 0 aliphatic rings. The molecule has 0 aromatic heterocycles. The quantitative estimate of drug-likeness (QED) is 0.214. The second-order valence-electron chi connectivity index (χ2n) is 5.62. The topological polar surface area (TPSA) is 156 Å². The SMILES string of the molecule is CC#CC(=CCCC(C)=CC)CCC=C(C)C.O=P(O)(O)O.O=P(O)(O)O. The Morgan fingerprint density at radius 3 is 1.59 bits per heavy atom. The van der Waals surface area contributed by atoms with Crippen LogP contribution in [0.2, 0.25) is 0 Å². The minimum absolute atomic E-state index is 1.07. The molecule has 0 amide bonds. The summed E-state index contributed by atoms with van der Waals surface area (Å²) in [5.41, 5.74) is 4.13.